The average molecular weight is 284 g/mol. The van der Waals surface area contributed by atoms with Gasteiger partial charge in [0.2, 0.25) is 5.91 Å². The summed E-state index contributed by atoms with van der Waals surface area (Å²) in [6.45, 7) is 0.281. The van der Waals surface area contributed by atoms with Crippen molar-refractivity contribution in [2.45, 2.75) is 38.2 Å². The summed E-state index contributed by atoms with van der Waals surface area (Å²) in [6.07, 6.45) is 4.82. The molecule has 0 saturated heterocycles. The smallest absolute Gasteiger partial charge is 0.246 e. The van der Waals surface area contributed by atoms with Crippen LogP contribution in [0, 0.1) is 0 Å². The Balaban J connectivity index is 1.62. The van der Waals surface area contributed by atoms with Crippen LogP contribution in [-0.4, -0.2) is 18.6 Å². The van der Waals surface area contributed by atoms with Crippen LogP contribution >= 0.6 is 11.6 Å². The summed E-state index contributed by atoms with van der Waals surface area (Å²) in [5, 5.41) is 0.546. The zero-order chi connectivity index (χ0) is 13.5. The molecule has 1 fully saturated rings. The van der Waals surface area contributed by atoms with E-state index in [1.54, 1.807) is 12.1 Å². The molecule has 0 aliphatic heterocycles. The lowest BCUT2D eigenvalue weighted by Crippen LogP contribution is -2.29. The molecular formula is C14H18ClNO3. The average Bonchev–Trinajstić information content (AvgIpc) is 2.92. The highest BCUT2D eigenvalue weighted by Gasteiger charge is 2.16. The van der Waals surface area contributed by atoms with Gasteiger partial charge in [0.15, 0.2) is 0 Å². The summed E-state index contributed by atoms with van der Waals surface area (Å²) in [6, 6.07) is 7.19. The van der Waals surface area contributed by atoms with E-state index in [1.165, 1.54) is 12.8 Å². The Morgan fingerprint density at radius 3 is 2.79 bits per heavy atom. The Labute approximate surface area is 118 Å². The maximum Gasteiger partial charge on any atom is 0.246 e. The lowest BCUT2D eigenvalue weighted by molar-refractivity contribution is -0.138. The highest BCUT2D eigenvalue weighted by Crippen LogP contribution is 2.23. The molecule has 0 radical (unpaired) electrons. The molecule has 5 heteroatoms. The van der Waals surface area contributed by atoms with Crippen LogP contribution in [0.4, 0.5) is 0 Å². The van der Waals surface area contributed by atoms with Crippen LogP contribution in [0.2, 0.25) is 5.02 Å². The molecule has 4 nitrogen and oxygen atoms in total. The Hall–Kier alpha value is -1.26. The van der Waals surface area contributed by atoms with Gasteiger partial charge in [-0.2, -0.15) is 0 Å². The number of rotatable bonds is 6. The van der Waals surface area contributed by atoms with Crippen molar-refractivity contribution in [2.24, 2.45) is 0 Å². The molecule has 1 N–H and O–H groups in total. The monoisotopic (exact) mass is 283 g/mol. The fourth-order valence-electron chi connectivity index (χ4n) is 2.02. The molecule has 1 aromatic rings. The first-order valence-electron chi connectivity index (χ1n) is 6.57. The van der Waals surface area contributed by atoms with E-state index in [-0.39, 0.29) is 25.0 Å². The third-order valence-electron chi connectivity index (χ3n) is 3.06. The number of nitrogens with one attached hydrogen (secondary N) is 1. The van der Waals surface area contributed by atoms with E-state index in [9.17, 15) is 4.79 Å². The molecule has 0 heterocycles. The summed E-state index contributed by atoms with van der Waals surface area (Å²) in [4.78, 5) is 16.8. The number of amides is 1. The largest absolute Gasteiger partial charge is 0.491 e. The zero-order valence-corrected chi connectivity index (χ0v) is 11.5. The van der Waals surface area contributed by atoms with Gasteiger partial charge >= 0.3 is 0 Å². The number of hydrogen-bond donors (Lipinski definition) is 1. The third-order valence-corrected chi connectivity index (χ3v) is 3.38. The highest BCUT2D eigenvalue weighted by atomic mass is 35.5. The predicted molar refractivity (Wildman–Crippen MR) is 73.0 cm³/mol. The second-order valence-corrected chi connectivity index (χ2v) is 4.99. The Kier molecular flexibility index (Phi) is 5.48. The first-order chi connectivity index (χ1) is 9.25. The molecule has 0 spiro atoms. The number of para-hydroxylation sites is 1. The summed E-state index contributed by atoms with van der Waals surface area (Å²) in [5.41, 5.74) is 2.47. The molecule has 1 aliphatic carbocycles. The SMILES string of the molecule is O=C(CCOc1ccccc1Cl)NOC1CCCC1. The molecular weight excluding hydrogens is 266 g/mol. The molecule has 1 aromatic carbocycles. The van der Waals surface area contributed by atoms with E-state index in [0.29, 0.717) is 10.8 Å². The summed E-state index contributed by atoms with van der Waals surface area (Å²) in [7, 11) is 0. The summed E-state index contributed by atoms with van der Waals surface area (Å²) < 4.78 is 5.43. The van der Waals surface area contributed by atoms with Crippen molar-refractivity contribution in [1.29, 1.82) is 0 Å². The van der Waals surface area contributed by atoms with Crippen molar-refractivity contribution < 1.29 is 14.4 Å². The maximum absolute atomic E-state index is 11.5. The van der Waals surface area contributed by atoms with Crippen LogP contribution in [0.1, 0.15) is 32.1 Å². The second-order valence-electron chi connectivity index (χ2n) is 4.58. The predicted octanol–water partition coefficient (Wildman–Crippen LogP) is 3.10. The molecule has 2 rings (SSSR count). The molecule has 0 bridgehead atoms. The number of carbonyl (C=O) groups is 1. The number of hydroxylamine groups is 1. The fourth-order valence-corrected chi connectivity index (χ4v) is 2.21. The standard InChI is InChI=1S/C14H18ClNO3/c15-12-7-3-4-8-13(12)18-10-9-14(17)16-19-11-5-1-2-6-11/h3-4,7-8,11H,1-2,5-6,9-10H2,(H,16,17). The van der Waals surface area contributed by atoms with Gasteiger partial charge < -0.3 is 4.74 Å². The first-order valence-corrected chi connectivity index (χ1v) is 6.95. The van der Waals surface area contributed by atoms with Crippen LogP contribution in [0.3, 0.4) is 0 Å². The molecule has 1 aliphatic rings. The van der Waals surface area contributed by atoms with E-state index in [0.717, 1.165) is 12.8 Å². The Morgan fingerprint density at radius 2 is 2.05 bits per heavy atom. The van der Waals surface area contributed by atoms with Gasteiger partial charge in [-0.25, -0.2) is 5.48 Å². The number of benzene rings is 1. The maximum atomic E-state index is 11.5. The van der Waals surface area contributed by atoms with E-state index in [1.807, 2.05) is 12.1 Å². The van der Waals surface area contributed by atoms with Gasteiger partial charge in [-0.3, -0.25) is 9.63 Å². The minimum atomic E-state index is -0.168. The van der Waals surface area contributed by atoms with Gasteiger partial charge in [-0.15, -0.1) is 0 Å². The third kappa shape index (κ3) is 4.73. The van der Waals surface area contributed by atoms with Crippen LogP contribution < -0.4 is 10.2 Å². The zero-order valence-electron chi connectivity index (χ0n) is 10.7. The Bertz CT molecular complexity index is 419. The van der Waals surface area contributed by atoms with E-state index < -0.39 is 0 Å². The van der Waals surface area contributed by atoms with Crippen molar-refractivity contribution in [3.05, 3.63) is 29.3 Å². The van der Waals surface area contributed by atoms with Crippen LogP contribution in [0.25, 0.3) is 0 Å². The Morgan fingerprint density at radius 1 is 1.32 bits per heavy atom. The molecule has 0 aromatic heterocycles. The lowest BCUT2D eigenvalue weighted by Gasteiger charge is -2.12. The van der Waals surface area contributed by atoms with Gasteiger partial charge in [0.25, 0.3) is 0 Å². The summed E-state index contributed by atoms with van der Waals surface area (Å²) in [5.74, 6) is 0.424. The van der Waals surface area contributed by atoms with Crippen LogP contribution in [-0.2, 0) is 9.63 Å². The molecule has 104 valence electrons. The van der Waals surface area contributed by atoms with Crippen molar-refractivity contribution in [3.8, 4) is 5.75 Å². The normalized spacial score (nSPS) is 15.4. The second kappa shape index (κ2) is 7.36. The first kappa shape index (κ1) is 14.2. The van der Waals surface area contributed by atoms with Gasteiger partial charge in [0.05, 0.1) is 24.2 Å². The molecule has 0 unspecified atom stereocenters. The van der Waals surface area contributed by atoms with Gasteiger partial charge in [-0.05, 0) is 25.0 Å². The van der Waals surface area contributed by atoms with Crippen molar-refractivity contribution >= 4 is 17.5 Å². The van der Waals surface area contributed by atoms with Crippen LogP contribution in [0.5, 0.6) is 5.75 Å². The van der Waals surface area contributed by atoms with E-state index in [2.05, 4.69) is 5.48 Å². The number of halogens is 1. The summed E-state index contributed by atoms with van der Waals surface area (Å²) >= 11 is 5.94. The number of carbonyl (C=O) groups excluding carboxylic acids is 1. The quantitative estimate of drug-likeness (QED) is 0.816. The number of ether oxygens (including phenoxy) is 1. The van der Waals surface area contributed by atoms with Gasteiger partial charge in [0.1, 0.15) is 5.75 Å². The van der Waals surface area contributed by atoms with Crippen molar-refractivity contribution in [3.63, 3.8) is 0 Å². The minimum Gasteiger partial charge on any atom is -0.491 e. The van der Waals surface area contributed by atoms with Gasteiger partial charge in [-0.1, -0.05) is 36.6 Å². The minimum absolute atomic E-state index is 0.168. The topological polar surface area (TPSA) is 47.6 Å². The van der Waals surface area contributed by atoms with E-state index >= 15 is 0 Å². The molecule has 19 heavy (non-hydrogen) atoms. The molecule has 1 saturated carbocycles. The van der Waals surface area contributed by atoms with Crippen molar-refractivity contribution in [2.75, 3.05) is 6.61 Å². The van der Waals surface area contributed by atoms with Crippen LogP contribution in [0.15, 0.2) is 24.3 Å². The van der Waals surface area contributed by atoms with E-state index in [4.69, 9.17) is 21.2 Å². The molecule has 1 amide bonds. The fraction of sp³-hybridized carbons (Fsp3) is 0.500. The molecule has 0 atom stereocenters. The lowest BCUT2D eigenvalue weighted by atomic mass is 10.3. The van der Waals surface area contributed by atoms with Gasteiger partial charge in [0, 0.05) is 0 Å². The van der Waals surface area contributed by atoms with Crippen molar-refractivity contribution in [1.82, 2.24) is 5.48 Å². The highest BCUT2D eigenvalue weighted by molar-refractivity contribution is 6.32. The number of hydrogen-bond acceptors (Lipinski definition) is 3.